The predicted octanol–water partition coefficient (Wildman–Crippen LogP) is 0.630. The topological polar surface area (TPSA) is 26.5 Å². The summed E-state index contributed by atoms with van der Waals surface area (Å²) in [5.41, 5.74) is 3.00. The molecule has 2 fully saturated rings. The van der Waals surface area contributed by atoms with Crippen molar-refractivity contribution in [2.75, 3.05) is 32.8 Å². The van der Waals surface area contributed by atoms with Crippen molar-refractivity contribution in [1.29, 1.82) is 0 Å². The van der Waals surface area contributed by atoms with Crippen LogP contribution in [-0.4, -0.2) is 54.1 Å². The highest BCUT2D eigenvalue weighted by Gasteiger charge is 2.29. The number of β-amino-alcohol motifs (C(OH)–C–C–N with tert-alkyl or cyclic N) is 1. The van der Waals surface area contributed by atoms with Crippen LogP contribution in [0.4, 0.5) is 0 Å². The highest BCUT2D eigenvalue weighted by molar-refractivity contribution is 5.48. The van der Waals surface area contributed by atoms with Gasteiger partial charge in [0.15, 0.2) is 0 Å². The number of likely N-dealkylation sites (tertiary alicyclic amines) is 1. The molecule has 0 bridgehead atoms. The van der Waals surface area contributed by atoms with Crippen LogP contribution in [0.1, 0.15) is 6.42 Å². The third kappa shape index (κ3) is 1.79. The maximum Gasteiger partial charge on any atom is 0.121 e. The Morgan fingerprint density at radius 1 is 1.59 bits per heavy atom. The molecule has 2 aliphatic heterocycles. The van der Waals surface area contributed by atoms with Gasteiger partial charge in [-0.25, -0.2) is 18.1 Å². The van der Waals surface area contributed by atoms with Crippen LogP contribution in [0.15, 0.2) is 23.3 Å². The maximum absolute atomic E-state index is 8.89. The molecular formula is C14H19N2O-. The Labute approximate surface area is 103 Å². The quantitative estimate of drug-likeness (QED) is 0.569. The molecule has 0 aromatic carbocycles. The Kier molecular flexibility index (Phi) is 2.73. The fourth-order valence-corrected chi connectivity index (χ4v) is 3.00. The van der Waals surface area contributed by atoms with Gasteiger partial charge in [0.1, 0.15) is 6.54 Å². The van der Waals surface area contributed by atoms with Crippen molar-refractivity contribution >= 4 is 6.72 Å². The molecule has 3 rings (SSSR count). The van der Waals surface area contributed by atoms with Crippen molar-refractivity contribution < 1.29 is 9.68 Å². The molecule has 2 heterocycles. The first-order chi connectivity index (χ1) is 8.29. The van der Waals surface area contributed by atoms with Crippen molar-refractivity contribution in [1.82, 2.24) is 4.90 Å². The Bertz CT molecular complexity index is 391. The normalized spacial score (nSPS) is 25.0. The maximum atomic E-state index is 8.89. The molecule has 3 heteroatoms. The van der Waals surface area contributed by atoms with Crippen LogP contribution in [0.5, 0.6) is 0 Å². The van der Waals surface area contributed by atoms with Crippen molar-refractivity contribution in [2.45, 2.75) is 6.42 Å². The fourth-order valence-electron chi connectivity index (χ4n) is 3.00. The summed E-state index contributed by atoms with van der Waals surface area (Å²) >= 11 is 0. The number of rotatable bonds is 3. The van der Waals surface area contributed by atoms with Crippen molar-refractivity contribution in [3.05, 3.63) is 35.8 Å². The number of aliphatic hydroxyl groups excluding tert-OH is 1. The average Bonchev–Trinajstić information content (AvgIpc) is 2.66. The van der Waals surface area contributed by atoms with Crippen LogP contribution in [0.2, 0.25) is 0 Å². The smallest absolute Gasteiger partial charge is 0.121 e. The van der Waals surface area contributed by atoms with E-state index in [1.54, 1.807) is 0 Å². The number of fused-ring (bicyclic) bond motifs is 1. The van der Waals surface area contributed by atoms with Gasteiger partial charge in [-0.15, -0.1) is 0 Å². The predicted molar refractivity (Wildman–Crippen MR) is 67.6 cm³/mol. The van der Waals surface area contributed by atoms with Crippen LogP contribution in [0.3, 0.4) is 0 Å². The highest BCUT2D eigenvalue weighted by atomic mass is 16.3. The fraction of sp³-hybridized carbons (Fsp3) is 0.500. The second-order valence-electron chi connectivity index (χ2n) is 5.04. The minimum absolute atomic E-state index is 0.270. The Morgan fingerprint density at radius 2 is 2.41 bits per heavy atom. The second kappa shape index (κ2) is 4.24. The van der Waals surface area contributed by atoms with Gasteiger partial charge in [-0.05, 0) is 25.4 Å². The van der Waals surface area contributed by atoms with Crippen molar-refractivity contribution in [2.24, 2.45) is 5.92 Å². The van der Waals surface area contributed by atoms with E-state index in [2.05, 4.69) is 34.8 Å². The summed E-state index contributed by atoms with van der Waals surface area (Å²) in [6, 6.07) is 1.31. The summed E-state index contributed by atoms with van der Waals surface area (Å²) in [5, 5.41) is 8.89. The lowest BCUT2D eigenvalue weighted by Gasteiger charge is -2.47. The van der Waals surface area contributed by atoms with E-state index in [9.17, 15) is 0 Å². The molecule has 0 unspecified atom stereocenters. The standard InChI is InChI=1S/C14H19N2O/c1-15-6-5-13-12(3-2-4-14(13)15)11-9-16(10-11)7-8-17/h2-4,11,17H,1,5-10H2/q-1. The van der Waals surface area contributed by atoms with E-state index >= 15 is 0 Å². The van der Waals surface area contributed by atoms with Crippen LogP contribution in [0, 0.1) is 18.4 Å². The largest absolute Gasteiger partial charge is 0.395 e. The van der Waals surface area contributed by atoms with Gasteiger partial charge >= 0.3 is 0 Å². The molecule has 2 saturated heterocycles. The lowest BCUT2D eigenvalue weighted by molar-refractivity contribution is -0.475. The molecule has 3 nitrogen and oxygen atoms in total. The van der Waals surface area contributed by atoms with E-state index in [4.69, 9.17) is 5.11 Å². The van der Waals surface area contributed by atoms with Crippen LogP contribution in [0.25, 0.3) is 0 Å². The summed E-state index contributed by atoms with van der Waals surface area (Å²) < 4.78 is 2.10. The van der Waals surface area contributed by atoms with E-state index in [0.29, 0.717) is 5.92 Å². The Balaban J connectivity index is 1.72. The molecule has 0 aromatic rings. The van der Waals surface area contributed by atoms with Crippen LogP contribution < -0.4 is 0 Å². The minimum Gasteiger partial charge on any atom is -0.395 e. The molecule has 1 N–H and O–H groups in total. The molecule has 0 aromatic heterocycles. The average molecular weight is 231 g/mol. The van der Waals surface area contributed by atoms with Gasteiger partial charge < -0.3 is 14.6 Å². The SMILES string of the molecule is C=[N+]1CCC2=C(C3CN(CCO)C3)[CH-]C=C[C-]21. The monoisotopic (exact) mass is 231 g/mol. The number of allylic oxidation sites excluding steroid dienone is 1. The molecule has 0 amide bonds. The third-order valence-electron chi connectivity index (χ3n) is 3.97. The van der Waals surface area contributed by atoms with Gasteiger partial charge in [0.25, 0.3) is 0 Å². The molecule has 0 atom stereocenters. The molecule has 3 aliphatic rings. The lowest BCUT2D eigenvalue weighted by Crippen LogP contribution is -2.49. The minimum atomic E-state index is 0.270. The zero-order valence-electron chi connectivity index (χ0n) is 10.1. The molecule has 1 aliphatic carbocycles. The molecule has 0 saturated carbocycles. The Hall–Kier alpha value is -1.19. The zero-order valence-corrected chi connectivity index (χ0v) is 10.1. The van der Waals surface area contributed by atoms with Gasteiger partial charge in [0.05, 0.1) is 13.3 Å². The summed E-state index contributed by atoms with van der Waals surface area (Å²) in [6.45, 7) is 8.36. The van der Waals surface area contributed by atoms with E-state index < -0.39 is 0 Å². The summed E-state index contributed by atoms with van der Waals surface area (Å²) in [5.74, 6) is 0.656. The van der Waals surface area contributed by atoms with E-state index in [-0.39, 0.29) is 6.61 Å². The van der Waals surface area contributed by atoms with E-state index in [0.717, 1.165) is 32.6 Å². The van der Waals surface area contributed by atoms with Crippen molar-refractivity contribution in [3.63, 3.8) is 0 Å². The van der Waals surface area contributed by atoms with Gasteiger partial charge in [-0.2, -0.15) is 11.6 Å². The van der Waals surface area contributed by atoms with Crippen molar-refractivity contribution in [3.8, 4) is 0 Å². The molecule has 0 radical (unpaired) electrons. The second-order valence-corrected chi connectivity index (χ2v) is 5.04. The zero-order chi connectivity index (χ0) is 11.8. The summed E-state index contributed by atoms with van der Waals surface area (Å²) in [7, 11) is 0. The van der Waals surface area contributed by atoms with E-state index in [1.807, 2.05) is 0 Å². The number of nitrogens with zero attached hydrogens (tertiary/aromatic N) is 2. The van der Waals surface area contributed by atoms with E-state index in [1.165, 1.54) is 17.2 Å². The molecular weight excluding hydrogens is 212 g/mol. The van der Waals surface area contributed by atoms with Gasteiger partial charge in [0.2, 0.25) is 0 Å². The first kappa shape index (κ1) is 10.9. The Morgan fingerprint density at radius 3 is 3.18 bits per heavy atom. The highest BCUT2D eigenvalue weighted by Crippen LogP contribution is 2.39. The summed E-state index contributed by atoms with van der Waals surface area (Å²) in [6.07, 6.45) is 7.71. The number of hydrogen-bond acceptors (Lipinski definition) is 2. The third-order valence-corrected chi connectivity index (χ3v) is 3.97. The van der Waals surface area contributed by atoms with Gasteiger partial charge in [-0.3, -0.25) is 0 Å². The lowest BCUT2D eigenvalue weighted by atomic mass is 9.81. The first-order valence-electron chi connectivity index (χ1n) is 6.32. The van der Waals surface area contributed by atoms with Crippen LogP contribution in [-0.2, 0) is 0 Å². The van der Waals surface area contributed by atoms with Crippen LogP contribution >= 0.6 is 0 Å². The molecule has 17 heavy (non-hydrogen) atoms. The summed E-state index contributed by atoms with van der Waals surface area (Å²) in [4.78, 5) is 2.31. The van der Waals surface area contributed by atoms with Gasteiger partial charge in [-0.1, -0.05) is 0 Å². The number of hydrogen-bond donors (Lipinski definition) is 1. The first-order valence-corrected chi connectivity index (χ1v) is 6.32. The molecule has 0 spiro atoms. The number of aliphatic hydroxyl groups is 1. The van der Waals surface area contributed by atoms with Gasteiger partial charge in [0, 0.05) is 12.6 Å². The molecule has 92 valence electrons.